The molecule has 0 bridgehead atoms. The molecule has 1 N–H and O–H groups in total. The van der Waals surface area contributed by atoms with Crippen molar-refractivity contribution in [1.29, 1.82) is 0 Å². The smallest absolute Gasteiger partial charge is 0.339 e. The zero-order valence-electron chi connectivity index (χ0n) is 10.0. The van der Waals surface area contributed by atoms with Gasteiger partial charge in [0.2, 0.25) is 0 Å². The van der Waals surface area contributed by atoms with Crippen molar-refractivity contribution in [3.8, 4) is 5.75 Å². The molecule has 0 saturated carbocycles. The minimum absolute atomic E-state index is 0.188. The van der Waals surface area contributed by atoms with Crippen molar-refractivity contribution in [2.24, 2.45) is 0 Å². The van der Waals surface area contributed by atoms with Crippen LogP contribution >= 0.6 is 0 Å². The lowest BCUT2D eigenvalue weighted by Gasteiger charge is -2.08. The maximum Gasteiger partial charge on any atom is 0.339 e. The van der Waals surface area contributed by atoms with Crippen molar-refractivity contribution >= 4 is 5.97 Å². The molecular formula is C13H14N2O3. The van der Waals surface area contributed by atoms with E-state index in [1.54, 1.807) is 4.68 Å². The van der Waals surface area contributed by atoms with E-state index < -0.39 is 5.97 Å². The lowest BCUT2D eigenvalue weighted by Crippen LogP contribution is -2.10. The van der Waals surface area contributed by atoms with Crippen LogP contribution in [0.5, 0.6) is 5.75 Å². The quantitative estimate of drug-likeness (QED) is 0.878. The maximum absolute atomic E-state index is 11.1. The summed E-state index contributed by atoms with van der Waals surface area (Å²) in [6.45, 7) is 2.71. The van der Waals surface area contributed by atoms with Gasteiger partial charge in [-0.3, -0.25) is 4.68 Å². The summed E-state index contributed by atoms with van der Waals surface area (Å²) in [7, 11) is 0. The first-order valence-corrected chi connectivity index (χ1v) is 5.68. The van der Waals surface area contributed by atoms with E-state index in [0.717, 1.165) is 0 Å². The minimum atomic E-state index is -0.985. The summed E-state index contributed by atoms with van der Waals surface area (Å²) in [4.78, 5) is 11.1. The molecule has 0 radical (unpaired) electrons. The van der Waals surface area contributed by atoms with Crippen LogP contribution in [0.25, 0.3) is 0 Å². The van der Waals surface area contributed by atoms with Crippen molar-refractivity contribution < 1.29 is 14.6 Å². The average molecular weight is 246 g/mol. The van der Waals surface area contributed by atoms with E-state index in [4.69, 9.17) is 9.84 Å². The Hall–Kier alpha value is -2.30. The van der Waals surface area contributed by atoms with Gasteiger partial charge in [-0.25, -0.2) is 4.79 Å². The molecular weight excluding hydrogens is 232 g/mol. The number of hydrogen-bond acceptors (Lipinski definition) is 3. The van der Waals surface area contributed by atoms with Crippen LogP contribution in [-0.2, 0) is 13.2 Å². The van der Waals surface area contributed by atoms with Crippen molar-refractivity contribution in [2.75, 3.05) is 0 Å². The Kier molecular flexibility index (Phi) is 3.62. The molecule has 0 atom stereocenters. The Balaban J connectivity index is 2.17. The van der Waals surface area contributed by atoms with E-state index in [0.29, 0.717) is 18.0 Å². The Bertz CT molecular complexity index is 534. The second kappa shape index (κ2) is 5.35. The topological polar surface area (TPSA) is 64.4 Å². The van der Waals surface area contributed by atoms with Crippen LogP contribution in [0.15, 0.2) is 36.5 Å². The fourth-order valence-corrected chi connectivity index (χ4v) is 1.68. The molecule has 2 aromatic rings. The van der Waals surface area contributed by atoms with Gasteiger partial charge in [-0.15, -0.1) is 0 Å². The fourth-order valence-electron chi connectivity index (χ4n) is 1.68. The highest BCUT2D eigenvalue weighted by molar-refractivity contribution is 5.88. The predicted octanol–water partition coefficient (Wildman–Crippen LogP) is 2.18. The number of para-hydroxylation sites is 1. The van der Waals surface area contributed by atoms with Crippen molar-refractivity contribution in [3.05, 3.63) is 47.8 Å². The van der Waals surface area contributed by atoms with Gasteiger partial charge in [0.15, 0.2) is 0 Å². The molecule has 0 aliphatic rings. The molecule has 1 heterocycles. The van der Waals surface area contributed by atoms with Crippen LogP contribution in [0.4, 0.5) is 0 Å². The normalized spacial score (nSPS) is 10.3. The van der Waals surface area contributed by atoms with Gasteiger partial charge in [-0.2, -0.15) is 5.10 Å². The number of carboxylic acids is 1. The van der Waals surface area contributed by atoms with E-state index in [-0.39, 0.29) is 12.2 Å². The molecule has 94 valence electrons. The summed E-state index contributed by atoms with van der Waals surface area (Å²) in [5, 5.41) is 13.1. The first kappa shape index (κ1) is 12.2. The minimum Gasteiger partial charge on any atom is -0.487 e. The SMILES string of the molecule is CCn1ncc(C(=O)O)c1COc1ccccc1. The Morgan fingerprint density at radius 3 is 2.72 bits per heavy atom. The predicted molar refractivity (Wildman–Crippen MR) is 65.6 cm³/mol. The molecule has 5 nitrogen and oxygen atoms in total. The van der Waals surface area contributed by atoms with E-state index in [2.05, 4.69) is 5.10 Å². The number of carbonyl (C=O) groups is 1. The monoisotopic (exact) mass is 246 g/mol. The third kappa shape index (κ3) is 2.51. The van der Waals surface area contributed by atoms with Gasteiger partial charge in [0.05, 0.1) is 11.9 Å². The summed E-state index contributed by atoms with van der Waals surface area (Å²) in [6, 6.07) is 9.28. The molecule has 1 aromatic heterocycles. The number of rotatable bonds is 5. The molecule has 0 aliphatic heterocycles. The van der Waals surface area contributed by atoms with Gasteiger partial charge in [-0.05, 0) is 19.1 Å². The van der Waals surface area contributed by atoms with Gasteiger partial charge in [0.25, 0.3) is 0 Å². The first-order valence-electron chi connectivity index (χ1n) is 5.68. The lowest BCUT2D eigenvalue weighted by molar-refractivity contribution is 0.0693. The first-order chi connectivity index (χ1) is 8.72. The van der Waals surface area contributed by atoms with Crippen LogP contribution in [0, 0.1) is 0 Å². The van der Waals surface area contributed by atoms with E-state index in [1.807, 2.05) is 37.3 Å². The molecule has 0 aliphatic carbocycles. The van der Waals surface area contributed by atoms with Crippen LogP contribution in [0.2, 0.25) is 0 Å². The number of benzene rings is 1. The fraction of sp³-hybridized carbons (Fsp3) is 0.231. The van der Waals surface area contributed by atoms with Gasteiger partial charge in [0, 0.05) is 6.54 Å². The highest BCUT2D eigenvalue weighted by Gasteiger charge is 2.16. The largest absolute Gasteiger partial charge is 0.487 e. The standard InChI is InChI=1S/C13H14N2O3/c1-2-15-12(11(8-14-15)13(16)17)9-18-10-6-4-3-5-7-10/h3-8H,2,9H2,1H3,(H,16,17). The third-order valence-electron chi connectivity index (χ3n) is 2.60. The Morgan fingerprint density at radius 1 is 1.39 bits per heavy atom. The Morgan fingerprint density at radius 2 is 2.11 bits per heavy atom. The van der Waals surface area contributed by atoms with Crippen molar-refractivity contribution in [1.82, 2.24) is 9.78 Å². The van der Waals surface area contributed by atoms with Gasteiger partial charge < -0.3 is 9.84 Å². The highest BCUT2D eigenvalue weighted by Crippen LogP contribution is 2.14. The summed E-state index contributed by atoms with van der Waals surface area (Å²) in [5.41, 5.74) is 0.765. The second-order valence-electron chi connectivity index (χ2n) is 3.73. The van der Waals surface area contributed by atoms with Gasteiger partial charge in [0.1, 0.15) is 17.9 Å². The van der Waals surface area contributed by atoms with Gasteiger partial charge in [-0.1, -0.05) is 18.2 Å². The molecule has 5 heteroatoms. The molecule has 18 heavy (non-hydrogen) atoms. The number of ether oxygens (including phenoxy) is 1. The van der Waals surface area contributed by atoms with Crippen LogP contribution < -0.4 is 4.74 Å². The van der Waals surface area contributed by atoms with Crippen LogP contribution in [-0.4, -0.2) is 20.9 Å². The van der Waals surface area contributed by atoms with E-state index in [9.17, 15) is 4.79 Å². The average Bonchev–Trinajstić information content (AvgIpc) is 2.80. The lowest BCUT2D eigenvalue weighted by atomic mass is 10.2. The van der Waals surface area contributed by atoms with Gasteiger partial charge >= 0.3 is 5.97 Å². The van der Waals surface area contributed by atoms with Crippen LogP contribution in [0.3, 0.4) is 0 Å². The van der Waals surface area contributed by atoms with E-state index >= 15 is 0 Å². The Labute approximate surface area is 105 Å². The summed E-state index contributed by atoms with van der Waals surface area (Å²) in [6.07, 6.45) is 1.36. The molecule has 0 spiro atoms. The maximum atomic E-state index is 11.1. The molecule has 2 rings (SSSR count). The molecule has 1 aromatic carbocycles. The number of carboxylic acid groups (broad SMARTS) is 1. The molecule has 0 amide bonds. The number of nitrogens with zero attached hydrogens (tertiary/aromatic N) is 2. The molecule has 0 fully saturated rings. The number of aromatic nitrogens is 2. The van der Waals surface area contributed by atoms with Crippen LogP contribution in [0.1, 0.15) is 23.0 Å². The number of aromatic carboxylic acids is 1. The number of aryl methyl sites for hydroxylation is 1. The molecule has 0 saturated heterocycles. The second-order valence-corrected chi connectivity index (χ2v) is 3.73. The van der Waals surface area contributed by atoms with Crippen molar-refractivity contribution in [2.45, 2.75) is 20.1 Å². The number of hydrogen-bond donors (Lipinski definition) is 1. The summed E-state index contributed by atoms with van der Waals surface area (Å²) >= 11 is 0. The van der Waals surface area contributed by atoms with Crippen molar-refractivity contribution in [3.63, 3.8) is 0 Å². The summed E-state index contributed by atoms with van der Waals surface area (Å²) < 4.78 is 7.19. The highest BCUT2D eigenvalue weighted by atomic mass is 16.5. The zero-order valence-corrected chi connectivity index (χ0v) is 10.0. The molecule has 0 unspecified atom stereocenters. The summed E-state index contributed by atoms with van der Waals surface area (Å²) in [5.74, 6) is -0.279. The van der Waals surface area contributed by atoms with E-state index in [1.165, 1.54) is 6.20 Å². The zero-order chi connectivity index (χ0) is 13.0. The third-order valence-corrected chi connectivity index (χ3v) is 2.60.